The molecule has 172 valence electrons. The Bertz CT molecular complexity index is 971. The van der Waals surface area contributed by atoms with E-state index in [1.165, 1.54) is 0 Å². The number of esters is 1. The van der Waals surface area contributed by atoms with E-state index in [0.29, 0.717) is 12.8 Å². The number of nitrogens with one attached hydrogen (secondary N) is 1. The van der Waals surface area contributed by atoms with Crippen LogP contribution in [0.3, 0.4) is 0 Å². The van der Waals surface area contributed by atoms with Gasteiger partial charge in [-0.15, -0.1) is 0 Å². The SMILES string of the molecule is COc1cc(C)c(NC(=O)C2([PH]3(CC(=O)OCc4ccccc4)CCCC3)CC2)c(C)c1. The molecule has 1 saturated carbocycles. The molecule has 1 aliphatic heterocycles. The van der Waals surface area contributed by atoms with Crippen molar-refractivity contribution in [1.82, 2.24) is 0 Å². The maximum atomic E-state index is 13.6. The Hall–Kier alpha value is -2.39. The Kier molecular flexibility index (Phi) is 6.57. The van der Waals surface area contributed by atoms with Crippen molar-refractivity contribution in [3.8, 4) is 5.75 Å². The van der Waals surface area contributed by atoms with Crippen molar-refractivity contribution in [3.05, 3.63) is 59.2 Å². The van der Waals surface area contributed by atoms with E-state index in [1.54, 1.807) is 7.11 Å². The van der Waals surface area contributed by atoms with E-state index < -0.39 is 7.26 Å². The second-order valence-electron chi connectivity index (χ2n) is 9.48. The molecule has 2 aromatic carbocycles. The number of ether oxygens (including phenoxy) is 2. The Morgan fingerprint density at radius 1 is 1.03 bits per heavy atom. The molecule has 0 aromatic heterocycles. The number of carbonyl (C=O) groups excluding carboxylic acids is 2. The van der Waals surface area contributed by atoms with Gasteiger partial charge in [0.05, 0.1) is 0 Å². The van der Waals surface area contributed by atoms with Crippen LogP contribution in [-0.2, 0) is 20.9 Å². The van der Waals surface area contributed by atoms with Crippen molar-refractivity contribution in [1.29, 1.82) is 0 Å². The molecule has 1 heterocycles. The predicted molar refractivity (Wildman–Crippen MR) is 131 cm³/mol. The van der Waals surface area contributed by atoms with E-state index >= 15 is 0 Å². The van der Waals surface area contributed by atoms with Gasteiger partial charge in [-0.2, -0.15) is 0 Å². The first-order chi connectivity index (χ1) is 15.4. The minimum absolute atomic E-state index is 0.110. The van der Waals surface area contributed by atoms with Crippen molar-refractivity contribution >= 4 is 24.8 Å². The Morgan fingerprint density at radius 3 is 2.22 bits per heavy atom. The van der Waals surface area contributed by atoms with Crippen molar-refractivity contribution in [2.24, 2.45) is 0 Å². The number of benzene rings is 2. The van der Waals surface area contributed by atoms with E-state index in [9.17, 15) is 9.59 Å². The summed E-state index contributed by atoms with van der Waals surface area (Å²) in [5.74, 6) is 0.763. The molecular formula is C26H34NO4P. The van der Waals surface area contributed by atoms with Gasteiger partial charge in [0, 0.05) is 0 Å². The molecule has 2 aromatic rings. The number of methoxy groups -OCH3 is 1. The van der Waals surface area contributed by atoms with Crippen LogP contribution in [0.1, 0.15) is 42.4 Å². The van der Waals surface area contributed by atoms with Crippen molar-refractivity contribution in [2.75, 3.05) is 30.9 Å². The number of anilines is 1. The molecule has 0 radical (unpaired) electrons. The van der Waals surface area contributed by atoms with Gasteiger partial charge in [-0.3, -0.25) is 0 Å². The van der Waals surface area contributed by atoms with Gasteiger partial charge < -0.3 is 0 Å². The molecule has 1 aliphatic carbocycles. The van der Waals surface area contributed by atoms with Crippen LogP contribution in [0.4, 0.5) is 5.69 Å². The zero-order valence-electron chi connectivity index (χ0n) is 19.3. The molecule has 0 bridgehead atoms. The van der Waals surface area contributed by atoms with Crippen LogP contribution >= 0.6 is 7.26 Å². The maximum absolute atomic E-state index is 13.6. The summed E-state index contributed by atoms with van der Waals surface area (Å²) in [7, 11) is -0.480. The van der Waals surface area contributed by atoms with Crippen molar-refractivity contribution in [3.63, 3.8) is 0 Å². The van der Waals surface area contributed by atoms with Gasteiger partial charge in [0.25, 0.3) is 0 Å². The summed E-state index contributed by atoms with van der Waals surface area (Å²) in [6.45, 7) is 4.29. The van der Waals surface area contributed by atoms with Crippen LogP contribution < -0.4 is 10.1 Å². The van der Waals surface area contributed by atoms with E-state index in [1.807, 2.05) is 56.3 Å². The third-order valence-electron chi connectivity index (χ3n) is 7.47. The first-order valence-corrected chi connectivity index (χ1v) is 14.2. The molecule has 1 N–H and O–H groups in total. The molecule has 5 nitrogen and oxygen atoms in total. The molecule has 4 rings (SSSR count). The second-order valence-corrected chi connectivity index (χ2v) is 14.4. The molecule has 0 atom stereocenters. The number of carbonyl (C=O) groups is 2. The summed E-state index contributed by atoms with van der Waals surface area (Å²) in [6.07, 6.45) is 6.56. The van der Waals surface area contributed by atoms with Crippen LogP contribution in [0.2, 0.25) is 0 Å². The third kappa shape index (κ3) is 4.41. The van der Waals surface area contributed by atoms with Crippen LogP contribution in [-0.4, -0.2) is 42.6 Å². The molecule has 0 unspecified atom stereocenters. The number of aryl methyl sites for hydroxylation is 2. The fourth-order valence-electron chi connectivity index (χ4n) is 5.54. The number of hydrogen-bond donors (Lipinski definition) is 1. The standard InChI is InChI=1S/C26H34NO4P/c1-19-15-22(30-3)16-20(2)24(19)27-25(29)26(11-12-26)32(13-7-8-14-32)18-23(28)31-17-21-9-5-4-6-10-21/h4-6,9-10,15-16,32H,7-8,11-14,17-18H2,1-3H3,(H,27,29). The first kappa shape index (κ1) is 22.8. The third-order valence-corrected chi connectivity index (χ3v) is 13.8. The average molecular weight is 456 g/mol. The molecule has 1 saturated heterocycles. The Morgan fingerprint density at radius 2 is 1.66 bits per heavy atom. The zero-order valence-corrected chi connectivity index (χ0v) is 20.3. The average Bonchev–Trinajstić information content (AvgIpc) is 3.49. The molecule has 0 spiro atoms. The topological polar surface area (TPSA) is 64.6 Å². The van der Waals surface area contributed by atoms with Gasteiger partial charge in [-0.25, -0.2) is 0 Å². The second kappa shape index (κ2) is 9.23. The van der Waals surface area contributed by atoms with E-state index in [0.717, 1.165) is 66.1 Å². The van der Waals surface area contributed by atoms with Gasteiger partial charge in [-0.1, -0.05) is 0 Å². The summed E-state index contributed by atoms with van der Waals surface area (Å²) >= 11 is 0. The van der Waals surface area contributed by atoms with Gasteiger partial charge in [0.1, 0.15) is 0 Å². The molecule has 1 amide bonds. The quantitative estimate of drug-likeness (QED) is 0.446. The van der Waals surface area contributed by atoms with Gasteiger partial charge in [0.2, 0.25) is 0 Å². The fraction of sp³-hybridized carbons (Fsp3) is 0.462. The van der Waals surface area contributed by atoms with Gasteiger partial charge >= 0.3 is 191 Å². The molecule has 32 heavy (non-hydrogen) atoms. The van der Waals surface area contributed by atoms with E-state index in [2.05, 4.69) is 5.32 Å². The van der Waals surface area contributed by atoms with E-state index in [-0.39, 0.29) is 17.0 Å². The van der Waals surface area contributed by atoms with Crippen LogP contribution in [0.25, 0.3) is 0 Å². The van der Waals surface area contributed by atoms with Gasteiger partial charge in [-0.05, 0) is 0 Å². The number of amides is 1. The Balaban J connectivity index is 1.49. The Labute approximate surface area is 191 Å². The minimum atomic E-state index is -2.13. The molecular weight excluding hydrogens is 421 g/mol. The number of hydrogen-bond acceptors (Lipinski definition) is 4. The molecule has 6 heteroatoms. The van der Waals surface area contributed by atoms with Crippen LogP contribution in [0.15, 0.2) is 42.5 Å². The summed E-state index contributed by atoms with van der Waals surface area (Å²) in [5.41, 5.74) is 3.86. The van der Waals surface area contributed by atoms with Gasteiger partial charge in [0.15, 0.2) is 0 Å². The summed E-state index contributed by atoms with van der Waals surface area (Å²) < 4.78 is 11.0. The van der Waals surface area contributed by atoms with E-state index in [4.69, 9.17) is 9.47 Å². The summed E-state index contributed by atoms with van der Waals surface area (Å²) in [4.78, 5) is 26.5. The monoisotopic (exact) mass is 455 g/mol. The fourth-order valence-corrected chi connectivity index (χ4v) is 11.7. The summed E-state index contributed by atoms with van der Waals surface area (Å²) in [6, 6.07) is 13.7. The molecule has 2 aliphatic rings. The molecule has 2 fully saturated rings. The predicted octanol–water partition coefficient (Wildman–Crippen LogP) is 5.07. The van der Waals surface area contributed by atoms with Crippen molar-refractivity contribution in [2.45, 2.75) is 51.3 Å². The number of rotatable bonds is 8. The summed E-state index contributed by atoms with van der Waals surface area (Å²) in [5, 5.41) is 2.91. The van der Waals surface area contributed by atoms with Crippen LogP contribution in [0, 0.1) is 13.8 Å². The van der Waals surface area contributed by atoms with Crippen LogP contribution in [0.5, 0.6) is 5.75 Å². The normalized spacial score (nSPS) is 19.1. The van der Waals surface area contributed by atoms with Crippen molar-refractivity contribution < 1.29 is 19.1 Å². The first-order valence-electron chi connectivity index (χ1n) is 11.6. The zero-order chi connectivity index (χ0) is 22.8.